The van der Waals surface area contributed by atoms with Gasteiger partial charge < -0.3 is 4.90 Å². The van der Waals surface area contributed by atoms with Crippen LogP contribution >= 0.6 is 0 Å². The minimum atomic E-state index is 1.09. The second kappa shape index (κ2) is 16.0. The molecule has 0 aliphatic rings. The first-order valence-corrected chi connectivity index (χ1v) is 20.3. The summed E-state index contributed by atoms with van der Waals surface area (Å²) in [5.74, 6) is 0. The molecule has 0 N–H and O–H groups in total. The van der Waals surface area contributed by atoms with Crippen LogP contribution in [0.2, 0.25) is 0 Å². The summed E-state index contributed by atoms with van der Waals surface area (Å²) in [6, 6.07) is 89.8. The van der Waals surface area contributed by atoms with E-state index in [1.165, 1.54) is 72.0 Å². The number of nitrogens with zero attached hydrogens (tertiary/aromatic N) is 1. The van der Waals surface area contributed by atoms with Crippen LogP contribution in [0.3, 0.4) is 0 Å². The Morgan fingerprint density at radius 2 is 0.559 bits per heavy atom. The molecule has 10 aromatic rings. The number of benzene rings is 10. The predicted octanol–water partition coefficient (Wildman–Crippen LogP) is 16.3. The zero-order valence-electron chi connectivity index (χ0n) is 32.6. The summed E-state index contributed by atoms with van der Waals surface area (Å²) < 4.78 is 0. The first-order valence-electron chi connectivity index (χ1n) is 20.3. The van der Waals surface area contributed by atoms with Gasteiger partial charge in [-0.25, -0.2) is 0 Å². The topological polar surface area (TPSA) is 3.24 Å². The molecular formula is C58H41N. The van der Waals surface area contributed by atoms with Crippen molar-refractivity contribution in [2.24, 2.45) is 0 Å². The Labute approximate surface area is 346 Å². The predicted molar refractivity (Wildman–Crippen MR) is 251 cm³/mol. The van der Waals surface area contributed by atoms with E-state index in [-0.39, 0.29) is 0 Å². The van der Waals surface area contributed by atoms with Gasteiger partial charge in [0.05, 0.1) is 0 Å². The molecule has 10 rings (SSSR count). The molecule has 0 amide bonds. The summed E-state index contributed by atoms with van der Waals surface area (Å²) in [6.07, 6.45) is 0. The first kappa shape index (κ1) is 35.7. The van der Waals surface area contributed by atoms with Crippen LogP contribution in [0.15, 0.2) is 249 Å². The van der Waals surface area contributed by atoms with Crippen LogP contribution in [-0.2, 0) is 0 Å². The summed E-state index contributed by atoms with van der Waals surface area (Å²) in [4.78, 5) is 2.37. The van der Waals surface area contributed by atoms with Crippen LogP contribution in [0.1, 0.15) is 0 Å². The lowest BCUT2D eigenvalue weighted by molar-refractivity contribution is 1.29. The molecule has 1 heteroatoms. The van der Waals surface area contributed by atoms with Gasteiger partial charge in [-0.1, -0.05) is 212 Å². The van der Waals surface area contributed by atoms with Crippen molar-refractivity contribution in [1.82, 2.24) is 0 Å². The molecular weight excluding hydrogens is 711 g/mol. The molecule has 59 heavy (non-hydrogen) atoms. The molecule has 0 saturated heterocycles. The van der Waals surface area contributed by atoms with E-state index in [9.17, 15) is 0 Å². The van der Waals surface area contributed by atoms with E-state index in [4.69, 9.17) is 0 Å². The molecule has 0 atom stereocenters. The summed E-state index contributed by atoms with van der Waals surface area (Å²) >= 11 is 0. The lowest BCUT2D eigenvalue weighted by Gasteiger charge is -2.26. The Morgan fingerprint density at radius 1 is 0.203 bits per heavy atom. The number of anilines is 3. The van der Waals surface area contributed by atoms with Crippen LogP contribution in [0.4, 0.5) is 17.1 Å². The van der Waals surface area contributed by atoms with E-state index >= 15 is 0 Å². The van der Waals surface area contributed by atoms with Gasteiger partial charge in [-0.2, -0.15) is 0 Å². The summed E-state index contributed by atoms with van der Waals surface area (Å²) in [7, 11) is 0. The second-order valence-electron chi connectivity index (χ2n) is 14.9. The fourth-order valence-electron chi connectivity index (χ4n) is 8.35. The Hall–Kier alpha value is -7.74. The second-order valence-corrected chi connectivity index (χ2v) is 14.9. The average molecular weight is 752 g/mol. The molecule has 0 saturated carbocycles. The van der Waals surface area contributed by atoms with E-state index in [0.29, 0.717) is 0 Å². The van der Waals surface area contributed by atoms with Gasteiger partial charge in [-0.05, 0) is 114 Å². The third-order valence-corrected chi connectivity index (χ3v) is 11.3. The van der Waals surface area contributed by atoms with Crippen molar-refractivity contribution in [3.8, 4) is 66.8 Å². The third-order valence-electron chi connectivity index (χ3n) is 11.3. The molecule has 1 nitrogen and oxygen atoms in total. The smallest absolute Gasteiger partial charge is 0.0468 e. The lowest BCUT2D eigenvalue weighted by Crippen LogP contribution is -2.09. The molecule has 278 valence electrons. The Morgan fingerprint density at radius 3 is 1.12 bits per heavy atom. The zero-order valence-corrected chi connectivity index (χ0v) is 32.6. The van der Waals surface area contributed by atoms with Gasteiger partial charge in [0.15, 0.2) is 0 Å². The van der Waals surface area contributed by atoms with Crippen molar-refractivity contribution in [3.05, 3.63) is 249 Å². The van der Waals surface area contributed by atoms with Crippen LogP contribution in [0.5, 0.6) is 0 Å². The standard InChI is InChI=1S/C58H41N/c1-4-15-42(16-5-1)44-27-29-45(30-28-44)46-31-36-51(37-32-46)59(53-40-33-43-17-10-11-22-50(43)41-53)52-38-34-49(35-39-52)56-26-14-25-55(48-20-8-3-9-21-48)58(56)57-24-13-12-23-54(57)47-18-6-2-7-19-47/h1-41H. The average Bonchev–Trinajstić information content (AvgIpc) is 3.33. The molecule has 10 aromatic carbocycles. The highest BCUT2D eigenvalue weighted by Gasteiger charge is 2.19. The maximum absolute atomic E-state index is 2.37. The van der Waals surface area contributed by atoms with Gasteiger partial charge in [-0.15, -0.1) is 0 Å². The van der Waals surface area contributed by atoms with E-state index in [1.807, 2.05) is 0 Å². The van der Waals surface area contributed by atoms with Gasteiger partial charge in [0.1, 0.15) is 0 Å². The van der Waals surface area contributed by atoms with Crippen LogP contribution < -0.4 is 4.90 Å². The van der Waals surface area contributed by atoms with Crippen LogP contribution in [0, 0.1) is 0 Å². The zero-order chi connectivity index (χ0) is 39.4. The molecule has 0 radical (unpaired) electrons. The van der Waals surface area contributed by atoms with Gasteiger partial charge in [0.25, 0.3) is 0 Å². The summed E-state index contributed by atoms with van der Waals surface area (Å²) in [6.45, 7) is 0. The van der Waals surface area contributed by atoms with Gasteiger partial charge in [-0.3, -0.25) is 0 Å². The van der Waals surface area contributed by atoms with Crippen LogP contribution in [-0.4, -0.2) is 0 Å². The van der Waals surface area contributed by atoms with Crippen molar-refractivity contribution < 1.29 is 0 Å². The highest BCUT2D eigenvalue weighted by Crippen LogP contribution is 2.45. The largest absolute Gasteiger partial charge is 0.310 e. The summed E-state index contributed by atoms with van der Waals surface area (Å²) in [5.41, 5.74) is 17.7. The molecule has 0 fully saturated rings. The minimum absolute atomic E-state index is 1.09. The van der Waals surface area contributed by atoms with Crippen molar-refractivity contribution in [2.75, 3.05) is 4.90 Å². The quantitative estimate of drug-likeness (QED) is 0.142. The Balaban J connectivity index is 1.06. The Bertz CT molecular complexity index is 2990. The third kappa shape index (κ3) is 7.23. The van der Waals surface area contributed by atoms with Gasteiger partial charge in [0.2, 0.25) is 0 Å². The fourth-order valence-corrected chi connectivity index (χ4v) is 8.35. The highest BCUT2D eigenvalue weighted by atomic mass is 15.1. The van der Waals surface area contributed by atoms with Gasteiger partial charge in [0, 0.05) is 17.1 Å². The van der Waals surface area contributed by atoms with Crippen molar-refractivity contribution in [1.29, 1.82) is 0 Å². The van der Waals surface area contributed by atoms with E-state index < -0.39 is 0 Å². The molecule has 0 unspecified atom stereocenters. The SMILES string of the molecule is c1ccc(-c2ccc(-c3ccc(N(c4ccc(-c5cccc(-c6ccccc6)c5-c5ccccc5-c5ccccc5)cc4)c4ccc5ccccc5c4)cc3)cc2)cc1. The first-order chi connectivity index (χ1) is 29.3. The Kier molecular flexibility index (Phi) is 9.68. The molecule has 0 aliphatic carbocycles. The van der Waals surface area contributed by atoms with E-state index in [0.717, 1.165) is 22.6 Å². The summed E-state index contributed by atoms with van der Waals surface area (Å²) in [5, 5.41) is 2.43. The molecule has 0 bridgehead atoms. The normalized spacial score (nSPS) is 11.1. The van der Waals surface area contributed by atoms with Gasteiger partial charge >= 0.3 is 0 Å². The van der Waals surface area contributed by atoms with Crippen molar-refractivity contribution >= 4 is 27.8 Å². The maximum Gasteiger partial charge on any atom is 0.0468 e. The molecule has 0 heterocycles. The van der Waals surface area contributed by atoms with E-state index in [1.54, 1.807) is 0 Å². The number of hydrogen-bond acceptors (Lipinski definition) is 1. The minimum Gasteiger partial charge on any atom is -0.310 e. The molecule has 0 aliphatic heterocycles. The maximum atomic E-state index is 2.37. The monoisotopic (exact) mass is 751 g/mol. The number of hydrogen-bond donors (Lipinski definition) is 0. The lowest BCUT2D eigenvalue weighted by atomic mass is 9.84. The van der Waals surface area contributed by atoms with Crippen LogP contribution in [0.25, 0.3) is 77.5 Å². The highest BCUT2D eigenvalue weighted by molar-refractivity contribution is 6.00. The number of rotatable bonds is 9. The molecule has 0 spiro atoms. The number of fused-ring (bicyclic) bond motifs is 1. The van der Waals surface area contributed by atoms with E-state index in [2.05, 4.69) is 254 Å². The fraction of sp³-hybridized carbons (Fsp3) is 0. The molecule has 0 aromatic heterocycles. The van der Waals surface area contributed by atoms with Crippen molar-refractivity contribution in [3.63, 3.8) is 0 Å². The van der Waals surface area contributed by atoms with Crippen molar-refractivity contribution in [2.45, 2.75) is 0 Å².